The first kappa shape index (κ1) is 18.7. The van der Waals surface area contributed by atoms with E-state index >= 15 is 0 Å². The van der Waals surface area contributed by atoms with Gasteiger partial charge in [0, 0.05) is 27.6 Å². The summed E-state index contributed by atoms with van der Waals surface area (Å²) in [5, 5.41) is 3.43. The largest absolute Gasteiger partial charge is 0.456 e. The van der Waals surface area contributed by atoms with Gasteiger partial charge >= 0.3 is 5.97 Å². The smallest absolute Gasteiger partial charge is 0.306 e. The average molecular weight is 418 g/mol. The lowest BCUT2D eigenvalue weighted by Gasteiger charge is -2.08. The van der Waals surface area contributed by atoms with Crippen LogP contribution in [0.5, 0.6) is 0 Å². The highest BCUT2D eigenvalue weighted by Gasteiger charge is 2.16. The van der Waals surface area contributed by atoms with Crippen LogP contribution in [-0.2, 0) is 14.3 Å². The minimum Gasteiger partial charge on any atom is -0.456 e. The summed E-state index contributed by atoms with van der Waals surface area (Å²) < 4.78 is 5.89. The van der Waals surface area contributed by atoms with E-state index in [1.807, 2.05) is 33.7 Å². The van der Waals surface area contributed by atoms with Crippen LogP contribution in [0.15, 0.2) is 28.7 Å². The number of amides is 1. The number of carbonyl (C=O) groups is 2. The third-order valence-corrected chi connectivity index (χ3v) is 6.86. The highest BCUT2D eigenvalue weighted by atomic mass is 79.9. The first-order valence-corrected chi connectivity index (χ1v) is 10.8. The number of halogens is 1. The molecular formula is C16H20BrNO3S2. The zero-order chi connectivity index (χ0) is 16.5. The molecule has 1 N–H and O–H groups in total. The highest BCUT2D eigenvalue weighted by Crippen LogP contribution is 2.39. The molecule has 1 atom stereocenters. The molecule has 1 aliphatic rings. The predicted molar refractivity (Wildman–Crippen MR) is 101 cm³/mol. The average Bonchev–Trinajstić information content (AvgIpc) is 3.03. The van der Waals surface area contributed by atoms with Crippen LogP contribution in [-0.4, -0.2) is 29.5 Å². The standard InChI is InChI=1S/C16H20BrNO3S2/c17-12-4-3-5-13(10-12)18-15(19)11-21-16(20)7-2-1-6-14-8-9-22-23-14/h3-5,10,14H,1-2,6-9,11H2,(H,18,19)/t14-/m1/s1. The van der Waals surface area contributed by atoms with Crippen LogP contribution in [0.4, 0.5) is 5.69 Å². The summed E-state index contributed by atoms with van der Waals surface area (Å²) in [4.78, 5) is 23.4. The summed E-state index contributed by atoms with van der Waals surface area (Å²) in [7, 11) is 3.90. The number of ether oxygens (including phenoxy) is 1. The van der Waals surface area contributed by atoms with E-state index in [9.17, 15) is 9.59 Å². The number of unbranched alkanes of at least 4 members (excludes halogenated alkanes) is 1. The number of benzene rings is 1. The fraction of sp³-hybridized carbons (Fsp3) is 0.500. The van der Waals surface area contributed by atoms with Gasteiger partial charge < -0.3 is 10.1 Å². The van der Waals surface area contributed by atoms with E-state index in [2.05, 4.69) is 21.2 Å². The van der Waals surface area contributed by atoms with Gasteiger partial charge in [0.25, 0.3) is 5.91 Å². The van der Waals surface area contributed by atoms with Crippen molar-refractivity contribution in [2.24, 2.45) is 0 Å². The molecule has 23 heavy (non-hydrogen) atoms. The van der Waals surface area contributed by atoms with E-state index in [1.54, 1.807) is 12.1 Å². The molecule has 4 nitrogen and oxygen atoms in total. The van der Waals surface area contributed by atoms with Crippen LogP contribution >= 0.6 is 37.5 Å². The van der Waals surface area contributed by atoms with Gasteiger partial charge in [-0.25, -0.2) is 0 Å². The van der Waals surface area contributed by atoms with Crippen LogP contribution in [0.25, 0.3) is 0 Å². The van der Waals surface area contributed by atoms with E-state index in [0.29, 0.717) is 12.1 Å². The lowest BCUT2D eigenvalue weighted by Crippen LogP contribution is -2.20. The second kappa shape index (κ2) is 10.3. The Hall–Kier alpha value is -0.660. The van der Waals surface area contributed by atoms with Gasteiger partial charge in [-0.2, -0.15) is 0 Å². The Morgan fingerprint density at radius 3 is 2.96 bits per heavy atom. The van der Waals surface area contributed by atoms with Crippen molar-refractivity contribution >= 4 is 55.1 Å². The molecule has 7 heteroatoms. The maximum atomic E-state index is 11.7. The molecule has 1 fully saturated rings. The number of carbonyl (C=O) groups excluding carboxylic acids is 2. The number of nitrogens with one attached hydrogen (secondary N) is 1. The maximum Gasteiger partial charge on any atom is 0.306 e. The van der Waals surface area contributed by atoms with Gasteiger partial charge in [0.2, 0.25) is 0 Å². The Bertz CT molecular complexity index is 536. The summed E-state index contributed by atoms with van der Waals surface area (Å²) in [6.45, 7) is -0.236. The van der Waals surface area contributed by atoms with Crippen LogP contribution in [0.3, 0.4) is 0 Å². The molecule has 0 spiro atoms. The molecule has 2 rings (SSSR count). The van der Waals surface area contributed by atoms with Crippen LogP contribution in [0.1, 0.15) is 32.1 Å². The summed E-state index contributed by atoms with van der Waals surface area (Å²) in [5.41, 5.74) is 0.673. The van der Waals surface area contributed by atoms with Gasteiger partial charge in [-0.1, -0.05) is 50.0 Å². The van der Waals surface area contributed by atoms with E-state index in [1.165, 1.54) is 12.2 Å². The molecule has 0 saturated carbocycles. The molecular weight excluding hydrogens is 398 g/mol. The quantitative estimate of drug-likeness (QED) is 0.379. The predicted octanol–water partition coefficient (Wildman–Crippen LogP) is 4.64. The Balaban J connectivity index is 1.55. The van der Waals surface area contributed by atoms with Crippen molar-refractivity contribution in [1.29, 1.82) is 0 Å². The minimum absolute atomic E-state index is 0.236. The van der Waals surface area contributed by atoms with Crippen molar-refractivity contribution in [2.45, 2.75) is 37.4 Å². The second-order valence-corrected chi connectivity index (χ2v) is 9.00. The van der Waals surface area contributed by atoms with Gasteiger partial charge in [0.15, 0.2) is 6.61 Å². The topological polar surface area (TPSA) is 55.4 Å². The van der Waals surface area contributed by atoms with Gasteiger partial charge in [0.05, 0.1) is 0 Å². The zero-order valence-electron chi connectivity index (χ0n) is 12.8. The second-order valence-electron chi connectivity index (χ2n) is 5.29. The fourth-order valence-electron chi connectivity index (χ4n) is 2.19. The molecule has 0 aliphatic carbocycles. The summed E-state index contributed by atoms with van der Waals surface area (Å²) in [6, 6.07) is 7.27. The summed E-state index contributed by atoms with van der Waals surface area (Å²) in [6.07, 6.45) is 4.68. The van der Waals surface area contributed by atoms with Gasteiger partial charge in [-0.05, 0) is 37.5 Å². The van der Waals surface area contributed by atoms with Crippen molar-refractivity contribution in [3.63, 3.8) is 0 Å². The number of esters is 1. The molecule has 0 bridgehead atoms. The van der Waals surface area contributed by atoms with Crippen molar-refractivity contribution in [3.8, 4) is 0 Å². The Morgan fingerprint density at radius 1 is 1.35 bits per heavy atom. The molecule has 126 valence electrons. The SMILES string of the molecule is O=C(COC(=O)CCCC[C@@H]1CCSS1)Nc1cccc(Br)c1. The Labute approximate surface area is 153 Å². The van der Waals surface area contributed by atoms with Crippen molar-refractivity contribution in [2.75, 3.05) is 17.7 Å². The van der Waals surface area contributed by atoms with E-state index in [4.69, 9.17) is 4.74 Å². The highest BCUT2D eigenvalue weighted by molar-refractivity contribution is 9.10. The molecule has 1 amide bonds. The Kier molecular flexibility index (Phi) is 8.33. The monoisotopic (exact) mass is 417 g/mol. The van der Waals surface area contributed by atoms with E-state index in [-0.39, 0.29) is 18.5 Å². The maximum absolute atomic E-state index is 11.7. The Morgan fingerprint density at radius 2 is 2.22 bits per heavy atom. The molecule has 0 radical (unpaired) electrons. The molecule has 0 aromatic heterocycles. The van der Waals surface area contributed by atoms with Crippen LogP contribution < -0.4 is 5.32 Å². The van der Waals surface area contributed by atoms with E-state index < -0.39 is 0 Å². The van der Waals surface area contributed by atoms with Gasteiger partial charge in [-0.3, -0.25) is 9.59 Å². The fourth-order valence-corrected chi connectivity index (χ4v) is 5.61. The minimum atomic E-state index is -0.323. The van der Waals surface area contributed by atoms with Gasteiger partial charge in [-0.15, -0.1) is 0 Å². The molecule has 0 unspecified atom stereocenters. The molecule has 1 heterocycles. The molecule has 1 aromatic rings. The molecule has 1 aromatic carbocycles. The lowest BCUT2D eigenvalue weighted by atomic mass is 10.1. The van der Waals surface area contributed by atoms with Crippen molar-refractivity contribution < 1.29 is 14.3 Å². The number of hydrogen-bond acceptors (Lipinski definition) is 5. The van der Waals surface area contributed by atoms with Crippen molar-refractivity contribution in [3.05, 3.63) is 28.7 Å². The number of anilines is 1. The first-order valence-electron chi connectivity index (χ1n) is 7.63. The zero-order valence-corrected chi connectivity index (χ0v) is 16.0. The van der Waals surface area contributed by atoms with Crippen LogP contribution in [0, 0.1) is 0 Å². The summed E-state index contributed by atoms with van der Waals surface area (Å²) >= 11 is 3.33. The third-order valence-electron chi connectivity index (χ3n) is 3.36. The van der Waals surface area contributed by atoms with E-state index in [0.717, 1.165) is 29.0 Å². The van der Waals surface area contributed by atoms with Crippen LogP contribution in [0.2, 0.25) is 0 Å². The van der Waals surface area contributed by atoms with Crippen molar-refractivity contribution in [1.82, 2.24) is 0 Å². The van der Waals surface area contributed by atoms with Gasteiger partial charge in [0.1, 0.15) is 0 Å². The molecule has 1 aliphatic heterocycles. The molecule has 1 saturated heterocycles. The number of rotatable bonds is 8. The number of hydrogen-bond donors (Lipinski definition) is 1. The lowest BCUT2D eigenvalue weighted by molar-refractivity contribution is -0.147. The normalized spacial score (nSPS) is 17.0. The third kappa shape index (κ3) is 7.63. The first-order chi connectivity index (χ1) is 11.1. The summed E-state index contributed by atoms with van der Waals surface area (Å²) in [5.74, 6) is 0.614.